The quantitative estimate of drug-likeness (QED) is 0.809. The number of hydrogen-bond acceptors (Lipinski definition) is 4. The van der Waals surface area contributed by atoms with Crippen LogP contribution in [0.3, 0.4) is 0 Å². The summed E-state index contributed by atoms with van der Waals surface area (Å²) >= 11 is 0. The Kier molecular flexibility index (Phi) is 5.95. The molecule has 4 nitrogen and oxygen atoms in total. The zero-order valence-electron chi connectivity index (χ0n) is 11.6. The summed E-state index contributed by atoms with van der Waals surface area (Å²) in [7, 11) is 3.33. The van der Waals surface area contributed by atoms with Gasteiger partial charge in [-0.3, -0.25) is 4.90 Å². The fraction of sp³-hybridized carbons (Fsp3) is 0.571. The lowest BCUT2D eigenvalue weighted by Crippen LogP contribution is -2.35. The highest BCUT2D eigenvalue weighted by Gasteiger charge is 2.14. The first-order valence-electron chi connectivity index (χ1n) is 6.21. The highest BCUT2D eigenvalue weighted by Crippen LogP contribution is 2.24. The first-order valence-corrected chi connectivity index (χ1v) is 6.21. The van der Waals surface area contributed by atoms with Crippen LogP contribution in [0.5, 0.6) is 11.5 Å². The molecule has 0 saturated carbocycles. The van der Waals surface area contributed by atoms with E-state index in [0.717, 1.165) is 17.9 Å². The van der Waals surface area contributed by atoms with Gasteiger partial charge in [0.1, 0.15) is 11.5 Å². The minimum Gasteiger partial charge on any atom is -0.508 e. The molecule has 0 aliphatic carbocycles. The lowest BCUT2D eigenvalue weighted by Gasteiger charge is -2.27. The summed E-state index contributed by atoms with van der Waals surface area (Å²) in [6.45, 7) is 6.48. The average Bonchev–Trinajstić information content (AvgIpc) is 2.38. The van der Waals surface area contributed by atoms with Crippen molar-refractivity contribution in [3.8, 4) is 11.5 Å². The Morgan fingerprint density at radius 1 is 1.33 bits per heavy atom. The highest BCUT2D eigenvalue weighted by molar-refractivity contribution is 5.39. The Labute approximate surface area is 109 Å². The molecule has 0 amide bonds. The van der Waals surface area contributed by atoms with Crippen molar-refractivity contribution in [2.75, 3.05) is 27.4 Å². The molecule has 0 aliphatic rings. The van der Waals surface area contributed by atoms with Crippen LogP contribution in [0.15, 0.2) is 18.2 Å². The smallest absolute Gasteiger partial charge is 0.120 e. The molecule has 0 heterocycles. The van der Waals surface area contributed by atoms with E-state index in [0.29, 0.717) is 24.9 Å². The minimum atomic E-state index is 0.305. The Bertz CT molecular complexity index is 368. The predicted octanol–water partition coefficient (Wildman–Crippen LogP) is 2.26. The topological polar surface area (TPSA) is 41.9 Å². The Hall–Kier alpha value is -1.26. The molecule has 1 rings (SSSR count). The standard InChI is InChI=1S/C14H23NO3/c1-5-15(11(2)10-17-3)9-12-8-13(18-4)6-7-14(12)16/h6-8,11,16H,5,9-10H2,1-4H3. The number of phenols is 1. The van der Waals surface area contributed by atoms with Crippen LogP contribution in [0.2, 0.25) is 0 Å². The highest BCUT2D eigenvalue weighted by atomic mass is 16.5. The molecule has 0 saturated heterocycles. The number of hydrogen-bond donors (Lipinski definition) is 1. The zero-order valence-corrected chi connectivity index (χ0v) is 11.6. The van der Waals surface area contributed by atoms with E-state index in [1.165, 1.54) is 0 Å². The molecule has 1 aromatic carbocycles. The van der Waals surface area contributed by atoms with E-state index in [-0.39, 0.29) is 0 Å². The van der Waals surface area contributed by atoms with E-state index in [1.54, 1.807) is 26.4 Å². The Morgan fingerprint density at radius 2 is 2.06 bits per heavy atom. The summed E-state index contributed by atoms with van der Waals surface area (Å²) in [5, 5.41) is 9.87. The van der Waals surface area contributed by atoms with Gasteiger partial charge >= 0.3 is 0 Å². The largest absolute Gasteiger partial charge is 0.508 e. The molecule has 0 aliphatic heterocycles. The second kappa shape index (κ2) is 7.24. The lowest BCUT2D eigenvalue weighted by molar-refractivity contribution is 0.0976. The first-order chi connectivity index (χ1) is 8.62. The zero-order chi connectivity index (χ0) is 13.5. The molecular formula is C14H23NO3. The van der Waals surface area contributed by atoms with Gasteiger partial charge in [0.05, 0.1) is 13.7 Å². The maximum Gasteiger partial charge on any atom is 0.120 e. The van der Waals surface area contributed by atoms with Crippen LogP contribution >= 0.6 is 0 Å². The monoisotopic (exact) mass is 253 g/mol. The Morgan fingerprint density at radius 3 is 2.61 bits per heavy atom. The molecule has 102 valence electrons. The van der Waals surface area contributed by atoms with Crippen LogP contribution in [0.25, 0.3) is 0 Å². The fourth-order valence-corrected chi connectivity index (χ4v) is 1.96. The van der Waals surface area contributed by atoms with Crippen molar-refractivity contribution in [3.63, 3.8) is 0 Å². The van der Waals surface area contributed by atoms with E-state index in [1.807, 2.05) is 6.07 Å². The van der Waals surface area contributed by atoms with Gasteiger partial charge < -0.3 is 14.6 Å². The van der Waals surface area contributed by atoms with Gasteiger partial charge in [0, 0.05) is 25.3 Å². The van der Waals surface area contributed by atoms with E-state index in [4.69, 9.17) is 9.47 Å². The molecule has 18 heavy (non-hydrogen) atoms. The number of nitrogens with zero attached hydrogens (tertiary/aromatic N) is 1. The van der Waals surface area contributed by atoms with Gasteiger partial charge in [0.25, 0.3) is 0 Å². The van der Waals surface area contributed by atoms with Crippen LogP contribution in [0.1, 0.15) is 19.4 Å². The third-order valence-corrected chi connectivity index (χ3v) is 3.10. The number of methoxy groups -OCH3 is 2. The van der Waals surface area contributed by atoms with Gasteiger partial charge in [0.2, 0.25) is 0 Å². The lowest BCUT2D eigenvalue weighted by atomic mass is 10.1. The molecule has 1 N–H and O–H groups in total. The minimum absolute atomic E-state index is 0.305. The number of benzene rings is 1. The molecule has 1 unspecified atom stereocenters. The van der Waals surface area contributed by atoms with Crippen molar-refractivity contribution in [1.29, 1.82) is 0 Å². The van der Waals surface area contributed by atoms with Crippen molar-refractivity contribution in [2.45, 2.75) is 26.4 Å². The van der Waals surface area contributed by atoms with Crippen LogP contribution in [0.4, 0.5) is 0 Å². The van der Waals surface area contributed by atoms with E-state index in [9.17, 15) is 5.11 Å². The fourth-order valence-electron chi connectivity index (χ4n) is 1.96. The van der Waals surface area contributed by atoms with E-state index < -0.39 is 0 Å². The van der Waals surface area contributed by atoms with Crippen LogP contribution in [0, 0.1) is 0 Å². The van der Waals surface area contributed by atoms with Gasteiger partial charge in [0.15, 0.2) is 0 Å². The summed E-state index contributed by atoms with van der Waals surface area (Å²) < 4.78 is 10.3. The molecule has 0 aromatic heterocycles. The molecule has 0 fully saturated rings. The number of ether oxygens (including phenoxy) is 2. The molecule has 1 aromatic rings. The SMILES string of the molecule is CCN(Cc1cc(OC)ccc1O)C(C)COC. The number of likely N-dealkylation sites (N-methyl/N-ethyl adjacent to an activating group) is 1. The second-order valence-corrected chi connectivity index (χ2v) is 4.36. The molecule has 0 spiro atoms. The predicted molar refractivity (Wildman–Crippen MR) is 72.1 cm³/mol. The van der Waals surface area contributed by atoms with Gasteiger partial charge in [-0.25, -0.2) is 0 Å². The van der Waals surface area contributed by atoms with Crippen molar-refractivity contribution in [1.82, 2.24) is 4.90 Å². The summed E-state index contributed by atoms with van der Waals surface area (Å²) in [6.07, 6.45) is 0. The Balaban J connectivity index is 2.80. The van der Waals surface area contributed by atoms with Crippen LogP contribution in [-0.2, 0) is 11.3 Å². The molecule has 1 atom stereocenters. The summed E-state index contributed by atoms with van der Waals surface area (Å²) in [5.74, 6) is 1.07. The maximum atomic E-state index is 9.87. The third kappa shape index (κ3) is 3.89. The number of aromatic hydroxyl groups is 1. The van der Waals surface area contributed by atoms with Gasteiger partial charge in [-0.2, -0.15) is 0 Å². The summed E-state index contributed by atoms with van der Waals surface area (Å²) in [6, 6.07) is 5.61. The normalized spacial score (nSPS) is 12.7. The van der Waals surface area contributed by atoms with Crippen molar-refractivity contribution < 1.29 is 14.6 Å². The van der Waals surface area contributed by atoms with E-state index in [2.05, 4.69) is 18.7 Å². The summed E-state index contributed by atoms with van der Waals surface area (Å²) in [5.41, 5.74) is 0.874. The van der Waals surface area contributed by atoms with Crippen LogP contribution in [-0.4, -0.2) is 43.4 Å². The van der Waals surface area contributed by atoms with Gasteiger partial charge in [-0.15, -0.1) is 0 Å². The van der Waals surface area contributed by atoms with Crippen molar-refractivity contribution >= 4 is 0 Å². The molecule has 0 radical (unpaired) electrons. The van der Waals surface area contributed by atoms with Gasteiger partial charge in [-0.1, -0.05) is 6.92 Å². The molecule has 0 bridgehead atoms. The summed E-state index contributed by atoms with van der Waals surface area (Å²) in [4.78, 5) is 2.25. The number of phenolic OH excluding ortho intramolecular Hbond substituents is 1. The third-order valence-electron chi connectivity index (χ3n) is 3.10. The van der Waals surface area contributed by atoms with Crippen LogP contribution < -0.4 is 4.74 Å². The number of rotatable bonds is 7. The average molecular weight is 253 g/mol. The molecule has 4 heteroatoms. The van der Waals surface area contributed by atoms with Gasteiger partial charge in [-0.05, 0) is 31.7 Å². The maximum absolute atomic E-state index is 9.87. The van der Waals surface area contributed by atoms with E-state index >= 15 is 0 Å². The molecular weight excluding hydrogens is 230 g/mol. The second-order valence-electron chi connectivity index (χ2n) is 4.36. The first kappa shape index (κ1) is 14.8. The van der Waals surface area contributed by atoms with Crippen molar-refractivity contribution in [3.05, 3.63) is 23.8 Å². The van der Waals surface area contributed by atoms with Crippen molar-refractivity contribution in [2.24, 2.45) is 0 Å².